The molecule has 25 heavy (non-hydrogen) atoms. The second-order valence-electron chi connectivity index (χ2n) is 4.96. The molecule has 2 aromatic carbocycles. The molecule has 2 aromatic rings. The van der Waals surface area contributed by atoms with E-state index in [4.69, 9.17) is 21.7 Å². The minimum atomic E-state index is -0.611. The van der Waals surface area contributed by atoms with Crippen molar-refractivity contribution in [1.82, 2.24) is 5.32 Å². The quantitative estimate of drug-likeness (QED) is 0.584. The Morgan fingerprint density at radius 1 is 1.16 bits per heavy atom. The second kappa shape index (κ2) is 9.71. The Morgan fingerprint density at radius 2 is 1.96 bits per heavy atom. The molecule has 2 N–H and O–H groups in total. The Hall–Kier alpha value is -2.51. The van der Waals surface area contributed by atoms with Gasteiger partial charge in [0.05, 0.1) is 12.2 Å². The number of ether oxygens (including phenoxy) is 2. The predicted octanol–water partition coefficient (Wildman–Crippen LogP) is 3.37. The van der Waals surface area contributed by atoms with Crippen molar-refractivity contribution in [2.75, 3.05) is 25.1 Å². The molecule has 0 aliphatic heterocycles. The topological polar surface area (TPSA) is 59.6 Å². The Morgan fingerprint density at radius 3 is 2.72 bits per heavy atom. The lowest BCUT2D eigenvalue weighted by Crippen LogP contribution is -2.34. The summed E-state index contributed by atoms with van der Waals surface area (Å²) in [5.74, 6) is -0.569. The fourth-order valence-electron chi connectivity index (χ4n) is 2.00. The maximum atomic E-state index is 13.6. The molecule has 1 amide bonds. The first-order valence-electron chi connectivity index (χ1n) is 7.77. The third-order valence-electron chi connectivity index (χ3n) is 3.14. The smallest absolute Gasteiger partial charge is 0.260 e. The molecule has 0 atom stereocenters. The molecular weight excluding hydrogens is 343 g/mol. The lowest BCUT2D eigenvalue weighted by atomic mass is 10.2. The fourth-order valence-corrected chi connectivity index (χ4v) is 2.22. The van der Waals surface area contributed by atoms with Gasteiger partial charge in [-0.15, -0.1) is 0 Å². The monoisotopic (exact) mass is 362 g/mol. The highest BCUT2D eigenvalue weighted by Gasteiger charge is 2.12. The van der Waals surface area contributed by atoms with E-state index in [-0.39, 0.29) is 10.7 Å². The van der Waals surface area contributed by atoms with Crippen molar-refractivity contribution in [1.29, 1.82) is 0 Å². The maximum absolute atomic E-state index is 13.6. The van der Waals surface area contributed by atoms with E-state index in [1.807, 2.05) is 6.92 Å². The van der Waals surface area contributed by atoms with Gasteiger partial charge in [-0.3, -0.25) is 10.1 Å². The van der Waals surface area contributed by atoms with Crippen LogP contribution in [0.2, 0.25) is 0 Å². The molecule has 7 heteroatoms. The van der Waals surface area contributed by atoms with Gasteiger partial charge in [-0.05, 0) is 43.4 Å². The second-order valence-corrected chi connectivity index (χ2v) is 5.37. The number of hydrogen-bond donors (Lipinski definition) is 2. The fraction of sp³-hybridized carbons (Fsp3) is 0.222. The molecule has 5 nitrogen and oxygen atoms in total. The molecule has 0 aliphatic carbocycles. The van der Waals surface area contributed by atoms with Crippen LogP contribution in [-0.4, -0.2) is 30.8 Å². The largest absolute Gasteiger partial charge is 0.491 e. The number of thiocarbonyl (C=S) groups is 1. The molecule has 0 radical (unpaired) electrons. The molecule has 132 valence electrons. The molecule has 0 saturated carbocycles. The van der Waals surface area contributed by atoms with E-state index >= 15 is 0 Å². The highest BCUT2D eigenvalue weighted by atomic mass is 32.1. The van der Waals surface area contributed by atoms with Crippen molar-refractivity contribution in [3.63, 3.8) is 0 Å². The number of carbonyl (C=O) groups is 1. The minimum Gasteiger partial charge on any atom is -0.491 e. The minimum absolute atomic E-state index is 0.0692. The van der Waals surface area contributed by atoms with Gasteiger partial charge in [0.2, 0.25) is 0 Å². The maximum Gasteiger partial charge on any atom is 0.260 e. The highest BCUT2D eigenvalue weighted by molar-refractivity contribution is 7.80. The van der Waals surface area contributed by atoms with Crippen molar-refractivity contribution in [3.8, 4) is 5.75 Å². The van der Waals surface area contributed by atoms with E-state index in [0.29, 0.717) is 31.3 Å². The SMILES string of the molecule is CCOCCOc1cccc(NC(=S)NC(=O)c2ccccc2F)c1. The number of benzene rings is 2. The molecule has 0 aromatic heterocycles. The van der Waals surface area contributed by atoms with Gasteiger partial charge in [0, 0.05) is 18.4 Å². The van der Waals surface area contributed by atoms with Crippen LogP contribution >= 0.6 is 12.2 Å². The van der Waals surface area contributed by atoms with Crippen molar-refractivity contribution in [3.05, 3.63) is 59.9 Å². The first-order valence-corrected chi connectivity index (χ1v) is 8.18. The molecule has 0 bridgehead atoms. The Labute approximate surface area is 151 Å². The van der Waals surface area contributed by atoms with Crippen molar-refractivity contribution >= 4 is 28.9 Å². The highest BCUT2D eigenvalue weighted by Crippen LogP contribution is 2.17. The van der Waals surface area contributed by atoms with E-state index in [1.54, 1.807) is 30.3 Å². The van der Waals surface area contributed by atoms with Crippen LogP contribution in [0.5, 0.6) is 5.75 Å². The molecule has 0 aliphatic rings. The summed E-state index contributed by atoms with van der Waals surface area (Å²) in [5, 5.41) is 5.38. The van der Waals surface area contributed by atoms with Gasteiger partial charge in [0.15, 0.2) is 5.11 Å². The summed E-state index contributed by atoms with van der Waals surface area (Å²) < 4.78 is 24.3. The normalized spacial score (nSPS) is 10.2. The van der Waals surface area contributed by atoms with Crippen LogP contribution < -0.4 is 15.4 Å². The number of carbonyl (C=O) groups excluding carboxylic acids is 1. The molecule has 0 spiro atoms. The summed E-state index contributed by atoms with van der Waals surface area (Å²) >= 11 is 5.09. The summed E-state index contributed by atoms with van der Waals surface area (Å²) in [6.45, 7) is 3.50. The summed E-state index contributed by atoms with van der Waals surface area (Å²) in [5.41, 5.74) is 0.576. The van der Waals surface area contributed by atoms with Gasteiger partial charge in [-0.1, -0.05) is 18.2 Å². The van der Waals surface area contributed by atoms with Crippen LogP contribution in [0.1, 0.15) is 17.3 Å². The molecule has 0 unspecified atom stereocenters. The first kappa shape index (κ1) is 18.8. The zero-order valence-electron chi connectivity index (χ0n) is 13.8. The first-order chi connectivity index (χ1) is 12.1. The summed E-state index contributed by atoms with van der Waals surface area (Å²) in [7, 11) is 0. The third kappa shape index (κ3) is 6.13. The van der Waals surface area contributed by atoms with Crippen LogP contribution in [-0.2, 0) is 4.74 Å². The third-order valence-corrected chi connectivity index (χ3v) is 3.34. The zero-order chi connectivity index (χ0) is 18.1. The number of anilines is 1. The van der Waals surface area contributed by atoms with Crippen LogP contribution in [0.3, 0.4) is 0 Å². The molecule has 0 saturated heterocycles. The Balaban J connectivity index is 1.90. The summed E-state index contributed by atoms with van der Waals surface area (Å²) in [6, 6.07) is 12.8. The number of nitrogens with one attached hydrogen (secondary N) is 2. The lowest BCUT2D eigenvalue weighted by molar-refractivity contribution is 0.0974. The zero-order valence-corrected chi connectivity index (χ0v) is 14.6. The van der Waals surface area contributed by atoms with Gasteiger partial charge in [-0.25, -0.2) is 4.39 Å². The van der Waals surface area contributed by atoms with E-state index in [0.717, 1.165) is 0 Å². The van der Waals surface area contributed by atoms with Gasteiger partial charge in [-0.2, -0.15) is 0 Å². The lowest BCUT2D eigenvalue weighted by Gasteiger charge is -2.12. The average Bonchev–Trinajstić information content (AvgIpc) is 2.59. The van der Waals surface area contributed by atoms with Gasteiger partial charge in [0.25, 0.3) is 5.91 Å². The Bertz CT molecular complexity index is 740. The van der Waals surface area contributed by atoms with E-state index in [9.17, 15) is 9.18 Å². The van der Waals surface area contributed by atoms with Crippen molar-refractivity contribution in [2.45, 2.75) is 6.92 Å². The van der Waals surface area contributed by atoms with Crippen LogP contribution in [0, 0.1) is 5.82 Å². The molecule has 0 heterocycles. The molecule has 2 rings (SSSR count). The van der Waals surface area contributed by atoms with E-state index < -0.39 is 11.7 Å². The van der Waals surface area contributed by atoms with E-state index in [2.05, 4.69) is 10.6 Å². The summed E-state index contributed by atoms with van der Waals surface area (Å²) in [6.07, 6.45) is 0. The standard InChI is InChI=1S/C18H19FN2O3S/c1-2-23-10-11-24-14-7-5-6-13(12-14)20-18(25)21-17(22)15-8-3-4-9-16(15)19/h3-9,12H,2,10-11H2,1H3,(H2,20,21,22,25). The number of rotatable bonds is 7. The van der Waals surface area contributed by atoms with Crippen LogP contribution in [0.4, 0.5) is 10.1 Å². The van der Waals surface area contributed by atoms with Gasteiger partial charge in [0.1, 0.15) is 18.2 Å². The molecule has 0 fully saturated rings. The van der Waals surface area contributed by atoms with Gasteiger partial charge >= 0.3 is 0 Å². The van der Waals surface area contributed by atoms with Crippen molar-refractivity contribution < 1.29 is 18.7 Å². The molecular formula is C18H19FN2O3S. The summed E-state index contributed by atoms with van der Waals surface area (Å²) in [4.78, 5) is 12.0. The van der Waals surface area contributed by atoms with Crippen LogP contribution in [0.15, 0.2) is 48.5 Å². The van der Waals surface area contributed by atoms with E-state index in [1.165, 1.54) is 18.2 Å². The van der Waals surface area contributed by atoms with Crippen LogP contribution in [0.25, 0.3) is 0 Å². The number of hydrogen-bond acceptors (Lipinski definition) is 4. The van der Waals surface area contributed by atoms with Crippen molar-refractivity contribution in [2.24, 2.45) is 0 Å². The Kier molecular flexibility index (Phi) is 7.31. The average molecular weight is 362 g/mol. The number of amides is 1. The number of halogens is 1. The predicted molar refractivity (Wildman–Crippen MR) is 98.5 cm³/mol. The van der Waals surface area contributed by atoms with Gasteiger partial charge < -0.3 is 14.8 Å².